The number of hydrogen-bond acceptors (Lipinski definition) is 4. The summed E-state index contributed by atoms with van der Waals surface area (Å²) in [5.41, 5.74) is 1.13. The van der Waals surface area contributed by atoms with E-state index in [9.17, 15) is 14.0 Å². The van der Waals surface area contributed by atoms with Gasteiger partial charge in [-0.25, -0.2) is 4.39 Å². The number of halogens is 2. The van der Waals surface area contributed by atoms with Gasteiger partial charge in [-0.05, 0) is 43.8 Å². The third-order valence-electron chi connectivity index (χ3n) is 6.00. The minimum absolute atomic E-state index is 0.0213. The topological polar surface area (TPSA) is 53.8 Å². The zero-order valence-corrected chi connectivity index (χ0v) is 18.5. The Balaban J connectivity index is 1.92. The molecule has 1 aliphatic heterocycles. The zero-order chi connectivity index (χ0) is 22.3. The first-order valence-corrected chi connectivity index (χ1v) is 10.8. The number of aryl methyl sites for hydroxylation is 1. The van der Waals surface area contributed by atoms with Crippen LogP contribution in [0.2, 0.25) is 5.02 Å². The molecule has 162 valence electrons. The second-order valence-corrected chi connectivity index (χ2v) is 8.13. The van der Waals surface area contributed by atoms with Crippen LogP contribution in [-0.4, -0.2) is 41.9 Å². The van der Waals surface area contributed by atoms with Gasteiger partial charge in [0, 0.05) is 23.7 Å². The second-order valence-electron chi connectivity index (χ2n) is 7.72. The van der Waals surface area contributed by atoms with Crippen molar-refractivity contribution >= 4 is 28.5 Å². The highest BCUT2D eigenvalue weighted by molar-refractivity contribution is 6.32. The third kappa shape index (κ3) is 3.64. The largest absolute Gasteiger partial charge is 0.450 e. The molecule has 3 aromatic rings. The van der Waals surface area contributed by atoms with Crippen molar-refractivity contribution in [3.05, 3.63) is 79.9 Å². The molecule has 0 fully saturated rings. The van der Waals surface area contributed by atoms with Crippen molar-refractivity contribution in [2.45, 2.75) is 26.8 Å². The monoisotopic (exact) mass is 442 g/mol. The van der Waals surface area contributed by atoms with Crippen molar-refractivity contribution in [3.63, 3.8) is 0 Å². The van der Waals surface area contributed by atoms with Crippen LogP contribution in [-0.2, 0) is 0 Å². The second kappa shape index (κ2) is 8.44. The van der Waals surface area contributed by atoms with Crippen molar-refractivity contribution in [2.75, 3.05) is 26.2 Å². The molecule has 2 aromatic carbocycles. The molecular formula is C24H24ClFN2O3. The Morgan fingerprint density at radius 1 is 1.16 bits per heavy atom. The standard InChI is InChI=1S/C24H24ClFN2O3/c1-4-27(5-2)10-11-28-21(15-8-6-7-9-18(15)26)20-22(29)16-13-17(25)14(3)12-19(16)31-23(20)24(28)30/h6-9,12-13,21H,4-5,10-11H2,1-3H3/t21-/m1/s1. The lowest BCUT2D eigenvalue weighted by Crippen LogP contribution is -2.38. The lowest BCUT2D eigenvalue weighted by molar-refractivity contribution is 0.0706. The highest BCUT2D eigenvalue weighted by Crippen LogP contribution is 2.39. The number of rotatable bonds is 6. The molecule has 0 bridgehead atoms. The molecule has 7 heteroatoms. The van der Waals surface area contributed by atoms with Crippen LogP contribution in [0.1, 0.15) is 47.1 Å². The van der Waals surface area contributed by atoms with Gasteiger partial charge in [-0.3, -0.25) is 9.59 Å². The van der Waals surface area contributed by atoms with Crippen LogP contribution in [0, 0.1) is 12.7 Å². The number of carbonyl (C=O) groups is 1. The van der Waals surface area contributed by atoms with Crippen LogP contribution in [0.5, 0.6) is 0 Å². The van der Waals surface area contributed by atoms with Crippen molar-refractivity contribution < 1.29 is 13.6 Å². The van der Waals surface area contributed by atoms with Crippen LogP contribution in [0.25, 0.3) is 11.0 Å². The van der Waals surface area contributed by atoms with Gasteiger partial charge >= 0.3 is 0 Å². The molecule has 2 heterocycles. The van der Waals surface area contributed by atoms with Crippen molar-refractivity contribution in [2.24, 2.45) is 0 Å². The summed E-state index contributed by atoms with van der Waals surface area (Å²) in [5.74, 6) is -0.892. The molecule has 5 nitrogen and oxygen atoms in total. The summed E-state index contributed by atoms with van der Waals surface area (Å²) in [7, 11) is 0. The van der Waals surface area contributed by atoms with E-state index in [1.807, 2.05) is 13.8 Å². The minimum atomic E-state index is -0.847. The van der Waals surface area contributed by atoms with Crippen LogP contribution >= 0.6 is 11.6 Å². The minimum Gasteiger partial charge on any atom is -0.450 e. The van der Waals surface area contributed by atoms with E-state index in [0.717, 1.165) is 18.7 Å². The molecule has 4 rings (SSSR count). The number of amides is 1. The average molecular weight is 443 g/mol. The van der Waals surface area contributed by atoms with E-state index in [1.165, 1.54) is 6.07 Å². The summed E-state index contributed by atoms with van der Waals surface area (Å²) in [5, 5.41) is 0.721. The van der Waals surface area contributed by atoms with Crippen molar-refractivity contribution in [1.82, 2.24) is 9.80 Å². The van der Waals surface area contributed by atoms with Gasteiger partial charge in [-0.1, -0.05) is 43.6 Å². The molecule has 1 aromatic heterocycles. The van der Waals surface area contributed by atoms with E-state index in [4.69, 9.17) is 16.0 Å². The molecule has 31 heavy (non-hydrogen) atoms. The van der Waals surface area contributed by atoms with Crippen LogP contribution in [0.15, 0.2) is 45.6 Å². The molecule has 0 saturated carbocycles. The maximum atomic E-state index is 14.8. The lowest BCUT2D eigenvalue weighted by Gasteiger charge is -2.28. The Kier molecular flexibility index (Phi) is 5.86. The van der Waals surface area contributed by atoms with E-state index in [2.05, 4.69) is 4.90 Å². The maximum Gasteiger partial charge on any atom is 0.290 e. The predicted octanol–water partition coefficient (Wildman–Crippen LogP) is 4.78. The molecule has 0 spiro atoms. The Morgan fingerprint density at radius 2 is 1.87 bits per heavy atom. The maximum absolute atomic E-state index is 14.8. The van der Waals surface area contributed by atoms with Gasteiger partial charge in [0.15, 0.2) is 5.43 Å². The van der Waals surface area contributed by atoms with Gasteiger partial charge in [-0.2, -0.15) is 0 Å². The summed E-state index contributed by atoms with van der Waals surface area (Å²) < 4.78 is 20.8. The fraction of sp³-hybridized carbons (Fsp3) is 0.333. The Hall–Kier alpha value is -2.70. The zero-order valence-electron chi connectivity index (χ0n) is 17.7. The smallest absolute Gasteiger partial charge is 0.290 e. The molecular weight excluding hydrogens is 419 g/mol. The molecule has 0 saturated heterocycles. The van der Waals surface area contributed by atoms with Gasteiger partial charge in [0.1, 0.15) is 11.4 Å². The number of benzene rings is 2. The quantitative estimate of drug-likeness (QED) is 0.551. The van der Waals surface area contributed by atoms with E-state index < -0.39 is 17.8 Å². The van der Waals surface area contributed by atoms with E-state index in [0.29, 0.717) is 23.7 Å². The van der Waals surface area contributed by atoms with Gasteiger partial charge in [-0.15, -0.1) is 0 Å². The number of carbonyl (C=O) groups excluding carboxylic acids is 1. The molecule has 0 N–H and O–H groups in total. The number of nitrogens with zero attached hydrogens (tertiary/aromatic N) is 2. The van der Waals surface area contributed by atoms with Crippen LogP contribution in [0.3, 0.4) is 0 Å². The summed E-state index contributed by atoms with van der Waals surface area (Å²) >= 11 is 6.24. The van der Waals surface area contributed by atoms with E-state index in [-0.39, 0.29) is 27.7 Å². The molecule has 0 radical (unpaired) electrons. The summed E-state index contributed by atoms with van der Waals surface area (Å²) in [6.07, 6.45) is 0. The van der Waals surface area contributed by atoms with E-state index in [1.54, 1.807) is 42.2 Å². The highest BCUT2D eigenvalue weighted by Gasteiger charge is 2.43. The predicted molar refractivity (Wildman–Crippen MR) is 119 cm³/mol. The van der Waals surface area contributed by atoms with Crippen molar-refractivity contribution in [3.8, 4) is 0 Å². The van der Waals surface area contributed by atoms with Gasteiger partial charge in [0.05, 0.1) is 17.0 Å². The molecule has 1 amide bonds. The van der Waals surface area contributed by atoms with Crippen LogP contribution in [0.4, 0.5) is 4.39 Å². The first kappa shape index (κ1) is 21.5. The lowest BCUT2D eigenvalue weighted by atomic mass is 9.98. The van der Waals surface area contributed by atoms with Gasteiger partial charge < -0.3 is 14.2 Å². The number of likely N-dealkylation sites (N-methyl/N-ethyl adjacent to an activating group) is 1. The first-order chi connectivity index (χ1) is 14.9. The normalized spacial score (nSPS) is 15.9. The van der Waals surface area contributed by atoms with Crippen LogP contribution < -0.4 is 5.43 Å². The van der Waals surface area contributed by atoms with Crippen molar-refractivity contribution in [1.29, 1.82) is 0 Å². The Bertz CT molecular complexity index is 1220. The SMILES string of the molecule is CCN(CC)CCN1C(=O)c2oc3cc(C)c(Cl)cc3c(=O)c2[C@H]1c1ccccc1F. The summed E-state index contributed by atoms with van der Waals surface area (Å²) in [6, 6.07) is 8.60. The molecule has 0 aliphatic carbocycles. The molecule has 1 aliphatic rings. The number of hydrogen-bond donors (Lipinski definition) is 0. The first-order valence-electron chi connectivity index (χ1n) is 10.4. The molecule has 0 unspecified atom stereocenters. The summed E-state index contributed by atoms with van der Waals surface area (Å²) in [4.78, 5) is 30.6. The van der Waals surface area contributed by atoms with Gasteiger partial charge in [0.2, 0.25) is 5.76 Å². The fourth-order valence-corrected chi connectivity index (χ4v) is 4.34. The Labute approximate surface area is 185 Å². The highest BCUT2D eigenvalue weighted by atomic mass is 35.5. The average Bonchev–Trinajstić information content (AvgIpc) is 3.03. The van der Waals surface area contributed by atoms with Gasteiger partial charge in [0.25, 0.3) is 5.91 Å². The van der Waals surface area contributed by atoms with E-state index >= 15 is 0 Å². The Morgan fingerprint density at radius 3 is 2.55 bits per heavy atom. The molecule has 1 atom stereocenters. The summed E-state index contributed by atoms with van der Waals surface area (Å²) in [6.45, 7) is 8.50. The number of fused-ring (bicyclic) bond motifs is 2. The third-order valence-corrected chi connectivity index (χ3v) is 6.41. The fourth-order valence-electron chi connectivity index (χ4n) is 4.18.